The van der Waals surface area contributed by atoms with Crippen LogP contribution in [0.2, 0.25) is 0 Å². The van der Waals surface area contributed by atoms with Gasteiger partial charge in [0.15, 0.2) is 0 Å². The highest BCUT2D eigenvalue weighted by molar-refractivity contribution is 5.73. The van der Waals surface area contributed by atoms with Crippen LogP contribution in [0.3, 0.4) is 0 Å². The van der Waals surface area contributed by atoms with Gasteiger partial charge in [0.2, 0.25) is 5.88 Å². The highest BCUT2D eigenvalue weighted by atomic mass is 16.3. The molecule has 3 nitrogen and oxygen atoms in total. The number of aromatic nitrogens is 2. The van der Waals surface area contributed by atoms with Crippen LogP contribution in [0.15, 0.2) is 48.5 Å². The highest BCUT2D eigenvalue weighted by Crippen LogP contribution is 2.40. The molecule has 1 heterocycles. The maximum absolute atomic E-state index is 10.9. The summed E-state index contributed by atoms with van der Waals surface area (Å²) >= 11 is 0. The van der Waals surface area contributed by atoms with E-state index in [9.17, 15) is 5.11 Å². The monoisotopic (exact) mass is 320 g/mol. The number of benzene rings is 2. The molecule has 3 aromatic rings. The maximum atomic E-state index is 10.9. The van der Waals surface area contributed by atoms with Gasteiger partial charge in [0.25, 0.3) is 0 Å². The predicted octanol–water partition coefficient (Wildman–Crippen LogP) is 5.16. The van der Waals surface area contributed by atoms with Crippen molar-refractivity contribution in [2.24, 2.45) is 0 Å². The minimum atomic E-state index is -0.174. The summed E-state index contributed by atoms with van der Waals surface area (Å²) in [4.78, 5) is 0. The Bertz CT molecular complexity index is 868. The van der Waals surface area contributed by atoms with Crippen molar-refractivity contribution in [2.45, 2.75) is 40.0 Å². The Morgan fingerprint density at radius 1 is 0.917 bits per heavy atom. The van der Waals surface area contributed by atoms with Crippen molar-refractivity contribution < 1.29 is 5.11 Å². The molecule has 1 N–H and O–H groups in total. The molecule has 0 aliphatic rings. The zero-order chi connectivity index (χ0) is 17.5. The topological polar surface area (TPSA) is 38.0 Å². The molecule has 0 fully saturated rings. The van der Waals surface area contributed by atoms with Gasteiger partial charge in [-0.2, -0.15) is 5.10 Å². The third kappa shape index (κ3) is 2.94. The van der Waals surface area contributed by atoms with Crippen molar-refractivity contribution >= 4 is 0 Å². The second-order valence-corrected chi connectivity index (χ2v) is 7.41. The standard InChI is InChI=1S/C21H24N2O/c1-14-9-11-16(12-10-14)18-19(21(3,4)5)22-23(20(18)24)17-8-6-7-15(2)13-17/h6-13,24H,1-5H3. The fraction of sp³-hybridized carbons (Fsp3) is 0.286. The van der Waals surface area contributed by atoms with Crippen LogP contribution in [0.1, 0.15) is 37.6 Å². The number of aryl methyl sites for hydroxylation is 2. The molecule has 0 aliphatic carbocycles. The van der Waals surface area contributed by atoms with E-state index in [-0.39, 0.29) is 11.3 Å². The zero-order valence-corrected chi connectivity index (χ0v) is 15.0. The van der Waals surface area contributed by atoms with Crippen molar-refractivity contribution in [1.82, 2.24) is 9.78 Å². The van der Waals surface area contributed by atoms with Crippen molar-refractivity contribution in [3.05, 3.63) is 65.4 Å². The van der Waals surface area contributed by atoms with Gasteiger partial charge < -0.3 is 5.11 Å². The van der Waals surface area contributed by atoms with Crippen LogP contribution in [0.25, 0.3) is 16.8 Å². The second-order valence-electron chi connectivity index (χ2n) is 7.41. The molecule has 0 amide bonds. The molecular formula is C21H24N2O. The molecule has 1 aromatic heterocycles. The van der Waals surface area contributed by atoms with E-state index >= 15 is 0 Å². The molecule has 124 valence electrons. The minimum Gasteiger partial charge on any atom is -0.493 e. The first kappa shape index (κ1) is 16.3. The number of rotatable bonds is 2. The van der Waals surface area contributed by atoms with Gasteiger partial charge >= 0.3 is 0 Å². The van der Waals surface area contributed by atoms with Gasteiger partial charge in [0.1, 0.15) is 0 Å². The van der Waals surface area contributed by atoms with E-state index in [4.69, 9.17) is 5.10 Å². The molecule has 0 radical (unpaired) electrons. The molecule has 24 heavy (non-hydrogen) atoms. The number of hydrogen-bond acceptors (Lipinski definition) is 2. The highest BCUT2D eigenvalue weighted by Gasteiger charge is 2.28. The molecule has 3 heteroatoms. The summed E-state index contributed by atoms with van der Waals surface area (Å²) in [5, 5.41) is 15.7. The molecule has 2 aromatic carbocycles. The lowest BCUT2D eigenvalue weighted by atomic mass is 9.87. The molecule has 0 unspecified atom stereocenters. The van der Waals surface area contributed by atoms with E-state index in [1.807, 2.05) is 43.3 Å². The van der Waals surface area contributed by atoms with Gasteiger partial charge in [-0.1, -0.05) is 62.7 Å². The van der Waals surface area contributed by atoms with Gasteiger partial charge in [0.05, 0.1) is 16.9 Å². The van der Waals surface area contributed by atoms with Gasteiger partial charge in [-0.05, 0) is 37.1 Å². The quantitative estimate of drug-likeness (QED) is 0.708. The van der Waals surface area contributed by atoms with Crippen LogP contribution in [0.5, 0.6) is 5.88 Å². The van der Waals surface area contributed by atoms with E-state index in [1.54, 1.807) is 4.68 Å². The molecular weight excluding hydrogens is 296 g/mol. The average molecular weight is 320 g/mol. The van der Waals surface area contributed by atoms with Crippen molar-refractivity contribution in [3.8, 4) is 22.7 Å². The van der Waals surface area contributed by atoms with E-state index in [2.05, 4.69) is 39.8 Å². The summed E-state index contributed by atoms with van der Waals surface area (Å²) in [7, 11) is 0. The summed E-state index contributed by atoms with van der Waals surface area (Å²) < 4.78 is 1.64. The predicted molar refractivity (Wildman–Crippen MR) is 98.8 cm³/mol. The third-order valence-corrected chi connectivity index (χ3v) is 4.16. The lowest BCUT2D eigenvalue weighted by Gasteiger charge is -2.17. The van der Waals surface area contributed by atoms with Crippen LogP contribution in [-0.4, -0.2) is 14.9 Å². The van der Waals surface area contributed by atoms with Crippen LogP contribution in [-0.2, 0) is 5.41 Å². The van der Waals surface area contributed by atoms with E-state index in [0.29, 0.717) is 0 Å². The summed E-state index contributed by atoms with van der Waals surface area (Å²) in [6.45, 7) is 10.5. The van der Waals surface area contributed by atoms with Crippen LogP contribution in [0.4, 0.5) is 0 Å². The summed E-state index contributed by atoms with van der Waals surface area (Å²) in [5.41, 5.74) is 5.72. The molecule has 0 spiro atoms. The Morgan fingerprint density at radius 3 is 2.17 bits per heavy atom. The summed E-state index contributed by atoms with van der Waals surface area (Å²) in [6.07, 6.45) is 0. The lowest BCUT2D eigenvalue weighted by molar-refractivity contribution is 0.435. The maximum Gasteiger partial charge on any atom is 0.222 e. The largest absolute Gasteiger partial charge is 0.493 e. The van der Waals surface area contributed by atoms with Crippen LogP contribution < -0.4 is 0 Å². The van der Waals surface area contributed by atoms with Crippen molar-refractivity contribution in [2.75, 3.05) is 0 Å². The Hall–Kier alpha value is -2.55. The summed E-state index contributed by atoms with van der Waals surface area (Å²) in [6, 6.07) is 16.2. The molecule has 0 saturated heterocycles. The van der Waals surface area contributed by atoms with Crippen LogP contribution in [0, 0.1) is 13.8 Å². The summed E-state index contributed by atoms with van der Waals surface area (Å²) in [5.74, 6) is 0.189. The lowest BCUT2D eigenvalue weighted by Crippen LogP contribution is -2.14. The number of nitrogens with zero attached hydrogens (tertiary/aromatic N) is 2. The van der Waals surface area contributed by atoms with Gasteiger partial charge in [0, 0.05) is 5.41 Å². The van der Waals surface area contributed by atoms with E-state index in [1.165, 1.54) is 5.56 Å². The minimum absolute atomic E-state index is 0.174. The fourth-order valence-electron chi connectivity index (χ4n) is 2.86. The molecule has 0 aliphatic heterocycles. The second kappa shape index (κ2) is 5.82. The fourth-order valence-corrected chi connectivity index (χ4v) is 2.86. The first-order valence-corrected chi connectivity index (χ1v) is 8.24. The molecule has 0 atom stereocenters. The Balaban J connectivity index is 2.26. The van der Waals surface area contributed by atoms with E-state index in [0.717, 1.165) is 28.1 Å². The normalized spacial score (nSPS) is 11.7. The number of hydrogen-bond donors (Lipinski definition) is 1. The first-order chi connectivity index (χ1) is 11.3. The number of aromatic hydroxyl groups is 1. The third-order valence-electron chi connectivity index (χ3n) is 4.16. The van der Waals surface area contributed by atoms with Crippen molar-refractivity contribution in [1.29, 1.82) is 0 Å². The first-order valence-electron chi connectivity index (χ1n) is 8.24. The van der Waals surface area contributed by atoms with Crippen LogP contribution >= 0.6 is 0 Å². The Morgan fingerprint density at radius 2 is 1.58 bits per heavy atom. The SMILES string of the molecule is Cc1ccc(-c2c(C(C)(C)C)nn(-c3cccc(C)c3)c2O)cc1. The van der Waals surface area contributed by atoms with Gasteiger partial charge in [-0.25, -0.2) is 4.68 Å². The Labute approximate surface area is 143 Å². The van der Waals surface area contributed by atoms with Crippen molar-refractivity contribution in [3.63, 3.8) is 0 Å². The Kier molecular flexibility index (Phi) is 3.96. The average Bonchev–Trinajstić information content (AvgIpc) is 2.86. The van der Waals surface area contributed by atoms with E-state index < -0.39 is 0 Å². The molecule has 0 bridgehead atoms. The van der Waals surface area contributed by atoms with Gasteiger partial charge in [-0.15, -0.1) is 0 Å². The molecule has 3 rings (SSSR count). The smallest absolute Gasteiger partial charge is 0.222 e. The van der Waals surface area contributed by atoms with Gasteiger partial charge in [-0.3, -0.25) is 0 Å². The zero-order valence-electron chi connectivity index (χ0n) is 15.0. The molecule has 0 saturated carbocycles.